The van der Waals surface area contributed by atoms with Gasteiger partial charge in [-0.25, -0.2) is 9.67 Å². The Bertz CT molecular complexity index is 1350. The number of aromatic nitrogens is 5. The minimum atomic E-state index is -4.82. The number of nitrogens with zero attached hydrogens (tertiary/aromatic N) is 4. The fourth-order valence-corrected chi connectivity index (χ4v) is 3.24. The Morgan fingerprint density at radius 1 is 1.19 bits per heavy atom. The first kappa shape index (κ1) is 21.3. The number of hydrogen-bond donors (Lipinski definition) is 3. The molecule has 4 aromatic rings. The van der Waals surface area contributed by atoms with Gasteiger partial charge in [0, 0.05) is 24.7 Å². The smallest absolute Gasteiger partial charge is 0.355 e. The molecule has 13 heteroatoms. The SMILES string of the molecule is CNC(=O)c1c(NC(=O)c2cc(C(F)(F)F)nn2-c2ncccc2Cl)ccc2cn[nH]c12. The van der Waals surface area contributed by atoms with Crippen LogP contribution in [0.4, 0.5) is 18.9 Å². The van der Waals surface area contributed by atoms with Crippen LogP contribution in [0, 0.1) is 0 Å². The van der Waals surface area contributed by atoms with Crippen molar-refractivity contribution < 1.29 is 22.8 Å². The number of hydrogen-bond acceptors (Lipinski definition) is 5. The highest BCUT2D eigenvalue weighted by atomic mass is 35.5. The van der Waals surface area contributed by atoms with Crippen LogP contribution in [-0.4, -0.2) is 43.8 Å². The normalized spacial score (nSPS) is 11.5. The summed E-state index contributed by atoms with van der Waals surface area (Å²) >= 11 is 6.06. The summed E-state index contributed by atoms with van der Waals surface area (Å²) in [4.78, 5) is 29.4. The third kappa shape index (κ3) is 3.75. The molecular formula is C19H13ClF3N7O2. The maximum Gasteiger partial charge on any atom is 0.435 e. The molecular weight excluding hydrogens is 451 g/mol. The van der Waals surface area contributed by atoms with Crippen LogP contribution < -0.4 is 10.6 Å². The molecule has 0 bridgehead atoms. The van der Waals surface area contributed by atoms with Crippen molar-refractivity contribution in [3.63, 3.8) is 0 Å². The molecule has 3 N–H and O–H groups in total. The summed E-state index contributed by atoms with van der Waals surface area (Å²) in [6.07, 6.45) is -2.03. The molecule has 0 saturated carbocycles. The van der Waals surface area contributed by atoms with E-state index in [0.29, 0.717) is 21.7 Å². The van der Waals surface area contributed by atoms with E-state index in [9.17, 15) is 22.8 Å². The summed E-state index contributed by atoms with van der Waals surface area (Å²) in [5, 5.41) is 15.5. The molecule has 1 aromatic carbocycles. The number of amides is 2. The second kappa shape index (κ2) is 7.96. The van der Waals surface area contributed by atoms with Gasteiger partial charge in [-0.3, -0.25) is 14.7 Å². The number of nitrogens with one attached hydrogen (secondary N) is 3. The highest BCUT2D eigenvalue weighted by Gasteiger charge is 2.36. The second-order valence-electron chi connectivity index (χ2n) is 6.49. The first-order valence-electron chi connectivity index (χ1n) is 8.98. The van der Waals surface area contributed by atoms with Gasteiger partial charge in [0.15, 0.2) is 11.5 Å². The van der Waals surface area contributed by atoms with Crippen LogP contribution in [-0.2, 0) is 6.18 Å². The van der Waals surface area contributed by atoms with Crippen molar-refractivity contribution in [2.45, 2.75) is 6.18 Å². The van der Waals surface area contributed by atoms with Crippen LogP contribution >= 0.6 is 11.6 Å². The molecule has 9 nitrogen and oxygen atoms in total. The van der Waals surface area contributed by atoms with Crippen molar-refractivity contribution in [2.75, 3.05) is 12.4 Å². The molecule has 2 amide bonds. The third-order valence-electron chi connectivity index (χ3n) is 4.49. The summed E-state index contributed by atoms with van der Waals surface area (Å²) in [5.74, 6) is -1.66. The molecule has 4 rings (SSSR count). The number of carbonyl (C=O) groups is 2. The Hall–Kier alpha value is -3.93. The molecule has 32 heavy (non-hydrogen) atoms. The van der Waals surface area contributed by atoms with Gasteiger partial charge in [-0.1, -0.05) is 11.6 Å². The highest BCUT2D eigenvalue weighted by molar-refractivity contribution is 6.32. The maximum atomic E-state index is 13.3. The van der Waals surface area contributed by atoms with Gasteiger partial charge < -0.3 is 10.6 Å². The van der Waals surface area contributed by atoms with Gasteiger partial charge >= 0.3 is 6.18 Å². The molecule has 3 aromatic heterocycles. The molecule has 0 unspecified atom stereocenters. The van der Waals surface area contributed by atoms with Crippen molar-refractivity contribution in [1.29, 1.82) is 0 Å². The van der Waals surface area contributed by atoms with Crippen molar-refractivity contribution >= 4 is 40.0 Å². The van der Waals surface area contributed by atoms with Crippen LogP contribution in [0.1, 0.15) is 26.5 Å². The van der Waals surface area contributed by atoms with Gasteiger partial charge in [-0.2, -0.15) is 23.4 Å². The molecule has 0 radical (unpaired) electrons. The molecule has 164 valence electrons. The van der Waals surface area contributed by atoms with E-state index in [2.05, 4.69) is 30.9 Å². The van der Waals surface area contributed by atoms with Crippen molar-refractivity contribution in [2.24, 2.45) is 0 Å². The van der Waals surface area contributed by atoms with Crippen molar-refractivity contribution in [1.82, 2.24) is 30.3 Å². The Balaban J connectivity index is 1.82. The average Bonchev–Trinajstić information content (AvgIpc) is 3.40. The molecule has 0 aliphatic heterocycles. The Labute approximate surface area is 182 Å². The first-order chi connectivity index (χ1) is 15.2. The standard InChI is InChI=1S/C19H13ClF3N7O2/c1-24-18(32)14-11(5-4-9-8-26-28-15(9)14)27-17(31)12-7-13(19(21,22)23)29-30(12)16-10(20)3-2-6-25-16/h2-8H,1H3,(H,24,32)(H,26,28)(H,27,31). The van der Waals surface area contributed by atoms with E-state index in [4.69, 9.17) is 11.6 Å². The molecule has 0 atom stereocenters. The number of carbonyl (C=O) groups excluding carboxylic acids is 2. The number of rotatable bonds is 4. The van der Waals surface area contributed by atoms with E-state index < -0.39 is 29.4 Å². The van der Waals surface area contributed by atoms with Gasteiger partial charge in [-0.15, -0.1) is 0 Å². The van der Waals surface area contributed by atoms with Gasteiger partial charge in [0.1, 0.15) is 5.69 Å². The summed E-state index contributed by atoms with van der Waals surface area (Å²) in [7, 11) is 1.40. The lowest BCUT2D eigenvalue weighted by Crippen LogP contribution is -2.23. The predicted molar refractivity (Wildman–Crippen MR) is 109 cm³/mol. The van der Waals surface area contributed by atoms with Crippen LogP contribution in [0.25, 0.3) is 16.7 Å². The second-order valence-corrected chi connectivity index (χ2v) is 6.90. The first-order valence-corrected chi connectivity index (χ1v) is 9.36. The largest absolute Gasteiger partial charge is 0.435 e. The van der Waals surface area contributed by atoms with Gasteiger partial charge in [0.05, 0.1) is 28.0 Å². The van der Waals surface area contributed by atoms with Crippen molar-refractivity contribution in [3.05, 3.63) is 64.7 Å². The summed E-state index contributed by atoms with van der Waals surface area (Å²) < 4.78 is 40.7. The molecule has 0 spiro atoms. The maximum absolute atomic E-state index is 13.3. The number of alkyl halides is 3. The number of pyridine rings is 1. The zero-order valence-electron chi connectivity index (χ0n) is 16.2. The topological polar surface area (TPSA) is 118 Å². The molecule has 0 aliphatic carbocycles. The Kier molecular flexibility index (Phi) is 5.30. The zero-order chi connectivity index (χ0) is 23.0. The van der Waals surface area contributed by atoms with Crippen LogP contribution in [0.5, 0.6) is 0 Å². The van der Waals surface area contributed by atoms with Crippen LogP contribution in [0.3, 0.4) is 0 Å². The average molecular weight is 464 g/mol. The van der Waals surface area contributed by atoms with Crippen LogP contribution in [0.2, 0.25) is 5.02 Å². The number of H-pyrrole nitrogens is 1. The minimum Gasteiger partial charge on any atom is -0.355 e. The lowest BCUT2D eigenvalue weighted by Gasteiger charge is -2.12. The predicted octanol–water partition coefficient (Wildman–Crippen LogP) is 3.43. The Morgan fingerprint density at radius 2 is 1.97 bits per heavy atom. The van der Waals surface area contributed by atoms with E-state index in [1.165, 1.54) is 37.6 Å². The molecule has 0 saturated heterocycles. The van der Waals surface area contributed by atoms with E-state index in [-0.39, 0.29) is 22.1 Å². The van der Waals surface area contributed by atoms with Crippen LogP contribution in [0.15, 0.2) is 42.7 Å². The monoisotopic (exact) mass is 463 g/mol. The molecule has 0 fully saturated rings. The van der Waals surface area contributed by atoms with E-state index >= 15 is 0 Å². The van der Waals surface area contributed by atoms with Crippen molar-refractivity contribution in [3.8, 4) is 5.82 Å². The summed E-state index contributed by atoms with van der Waals surface area (Å²) in [5.41, 5.74) is -1.32. The number of fused-ring (bicyclic) bond motifs is 1. The van der Waals surface area contributed by atoms with E-state index in [0.717, 1.165) is 0 Å². The number of aromatic amines is 1. The highest BCUT2D eigenvalue weighted by Crippen LogP contribution is 2.31. The third-order valence-corrected chi connectivity index (χ3v) is 4.79. The summed E-state index contributed by atoms with van der Waals surface area (Å²) in [6, 6.07) is 6.49. The van der Waals surface area contributed by atoms with Gasteiger partial charge in [-0.05, 0) is 24.3 Å². The lowest BCUT2D eigenvalue weighted by atomic mass is 10.1. The summed E-state index contributed by atoms with van der Waals surface area (Å²) in [6.45, 7) is 0. The number of benzene rings is 1. The Morgan fingerprint density at radius 3 is 2.66 bits per heavy atom. The van der Waals surface area contributed by atoms with Gasteiger partial charge in [0.2, 0.25) is 0 Å². The number of halogens is 4. The lowest BCUT2D eigenvalue weighted by molar-refractivity contribution is -0.141. The molecule has 3 heterocycles. The fourth-order valence-electron chi connectivity index (χ4n) is 3.04. The zero-order valence-corrected chi connectivity index (χ0v) is 16.9. The van der Waals surface area contributed by atoms with Gasteiger partial charge in [0.25, 0.3) is 11.8 Å². The van der Waals surface area contributed by atoms with E-state index in [1.807, 2.05) is 0 Å². The number of anilines is 1. The van der Waals surface area contributed by atoms with E-state index in [1.54, 1.807) is 6.07 Å². The fraction of sp³-hybridized carbons (Fsp3) is 0.105. The molecule has 0 aliphatic rings. The quantitative estimate of drug-likeness (QED) is 0.428. The minimum absolute atomic E-state index is 0.0108.